The van der Waals surface area contributed by atoms with Crippen molar-refractivity contribution in [3.05, 3.63) is 11.6 Å². The highest BCUT2D eigenvalue weighted by atomic mass is 16.4. The van der Waals surface area contributed by atoms with Crippen molar-refractivity contribution in [1.82, 2.24) is 0 Å². The SMILES string of the molecule is CCCCCCCCCCCCC=C(CCC(=O)O)C(=O)O. The van der Waals surface area contributed by atoms with Gasteiger partial charge in [-0.05, 0) is 19.3 Å². The van der Waals surface area contributed by atoms with Gasteiger partial charge in [0.15, 0.2) is 0 Å². The number of hydrogen-bond donors (Lipinski definition) is 2. The molecule has 0 rings (SSSR count). The zero-order valence-corrected chi connectivity index (χ0v) is 14.0. The molecule has 0 saturated carbocycles. The first-order valence-electron chi connectivity index (χ1n) is 8.72. The van der Waals surface area contributed by atoms with Gasteiger partial charge in [-0.15, -0.1) is 0 Å². The van der Waals surface area contributed by atoms with Gasteiger partial charge in [0, 0.05) is 12.0 Å². The van der Waals surface area contributed by atoms with Crippen molar-refractivity contribution in [3.63, 3.8) is 0 Å². The predicted molar refractivity (Wildman–Crippen MR) is 89.0 cm³/mol. The fourth-order valence-corrected chi connectivity index (χ4v) is 2.45. The Balaban J connectivity index is 3.57. The molecular weight excluding hydrogens is 280 g/mol. The zero-order valence-electron chi connectivity index (χ0n) is 14.0. The van der Waals surface area contributed by atoms with Crippen LogP contribution in [0.4, 0.5) is 0 Å². The minimum atomic E-state index is -0.992. The Morgan fingerprint density at radius 2 is 1.27 bits per heavy atom. The summed E-state index contributed by atoms with van der Waals surface area (Å²) >= 11 is 0. The molecule has 0 aliphatic carbocycles. The van der Waals surface area contributed by atoms with E-state index >= 15 is 0 Å². The van der Waals surface area contributed by atoms with Gasteiger partial charge in [-0.2, -0.15) is 0 Å². The first kappa shape index (κ1) is 20.7. The number of allylic oxidation sites excluding steroid dienone is 1. The maximum Gasteiger partial charge on any atom is 0.331 e. The lowest BCUT2D eigenvalue weighted by Crippen LogP contribution is -2.04. The van der Waals surface area contributed by atoms with E-state index in [0.29, 0.717) is 0 Å². The smallest absolute Gasteiger partial charge is 0.331 e. The van der Waals surface area contributed by atoms with Crippen LogP contribution in [0.3, 0.4) is 0 Å². The second-order valence-corrected chi connectivity index (χ2v) is 5.90. The third-order valence-corrected chi connectivity index (χ3v) is 3.83. The van der Waals surface area contributed by atoms with Crippen molar-refractivity contribution in [2.24, 2.45) is 0 Å². The summed E-state index contributed by atoms with van der Waals surface area (Å²) in [5.74, 6) is -1.94. The highest BCUT2D eigenvalue weighted by Crippen LogP contribution is 2.13. The Bertz CT molecular complexity index is 334. The van der Waals surface area contributed by atoms with Crippen LogP contribution in [-0.2, 0) is 9.59 Å². The molecule has 0 aliphatic rings. The summed E-state index contributed by atoms with van der Waals surface area (Å²) in [6.07, 6.45) is 15.0. The Morgan fingerprint density at radius 1 is 0.773 bits per heavy atom. The van der Waals surface area contributed by atoms with E-state index in [2.05, 4.69) is 6.92 Å². The van der Waals surface area contributed by atoms with E-state index in [9.17, 15) is 9.59 Å². The van der Waals surface area contributed by atoms with Crippen LogP contribution < -0.4 is 0 Å². The lowest BCUT2D eigenvalue weighted by atomic mass is 10.0. The van der Waals surface area contributed by atoms with Crippen LogP contribution in [-0.4, -0.2) is 22.2 Å². The van der Waals surface area contributed by atoms with E-state index in [0.717, 1.165) is 19.3 Å². The number of hydrogen-bond acceptors (Lipinski definition) is 2. The molecule has 0 aromatic heterocycles. The van der Waals surface area contributed by atoms with Gasteiger partial charge >= 0.3 is 11.9 Å². The maximum absolute atomic E-state index is 11.0. The molecule has 0 unspecified atom stereocenters. The summed E-state index contributed by atoms with van der Waals surface area (Å²) in [6.45, 7) is 2.23. The molecule has 0 atom stereocenters. The summed E-state index contributed by atoms with van der Waals surface area (Å²) in [4.78, 5) is 21.4. The van der Waals surface area contributed by atoms with Crippen molar-refractivity contribution in [3.8, 4) is 0 Å². The summed E-state index contributed by atoms with van der Waals surface area (Å²) in [5.41, 5.74) is 0.235. The largest absolute Gasteiger partial charge is 0.481 e. The van der Waals surface area contributed by atoms with Crippen molar-refractivity contribution in [2.45, 2.75) is 90.4 Å². The van der Waals surface area contributed by atoms with Gasteiger partial charge < -0.3 is 10.2 Å². The maximum atomic E-state index is 11.0. The molecule has 0 bridgehead atoms. The molecule has 0 aromatic rings. The van der Waals surface area contributed by atoms with E-state index in [-0.39, 0.29) is 18.4 Å². The van der Waals surface area contributed by atoms with Crippen LogP contribution in [0.15, 0.2) is 11.6 Å². The standard InChI is InChI=1S/C18H32O4/c1-2-3-4-5-6-7-8-9-10-11-12-13-16(18(21)22)14-15-17(19)20/h13H,2-12,14-15H2,1H3,(H,19,20)(H,21,22). The van der Waals surface area contributed by atoms with Crippen LogP contribution in [0.5, 0.6) is 0 Å². The predicted octanol–water partition coefficient (Wildman–Crippen LogP) is 5.17. The van der Waals surface area contributed by atoms with Crippen molar-refractivity contribution < 1.29 is 19.8 Å². The monoisotopic (exact) mass is 312 g/mol. The second kappa shape index (κ2) is 14.6. The van der Waals surface area contributed by atoms with Crippen molar-refractivity contribution >= 4 is 11.9 Å². The van der Waals surface area contributed by atoms with Crippen LogP contribution in [0.25, 0.3) is 0 Å². The average Bonchev–Trinajstić information content (AvgIpc) is 2.47. The number of unbranched alkanes of at least 4 members (excludes halogenated alkanes) is 10. The second-order valence-electron chi connectivity index (χ2n) is 5.90. The van der Waals surface area contributed by atoms with Gasteiger partial charge in [-0.1, -0.05) is 70.8 Å². The summed E-state index contributed by atoms with van der Waals surface area (Å²) in [7, 11) is 0. The molecule has 0 amide bonds. The van der Waals surface area contributed by atoms with E-state index in [1.165, 1.54) is 51.4 Å². The molecule has 22 heavy (non-hydrogen) atoms. The highest BCUT2D eigenvalue weighted by molar-refractivity contribution is 5.87. The molecule has 2 N–H and O–H groups in total. The molecule has 4 heteroatoms. The topological polar surface area (TPSA) is 74.6 Å². The number of rotatable bonds is 15. The molecule has 4 nitrogen and oxygen atoms in total. The minimum Gasteiger partial charge on any atom is -0.481 e. The number of carbonyl (C=O) groups is 2. The fourth-order valence-electron chi connectivity index (χ4n) is 2.45. The number of carboxylic acids is 2. The first-order chi connectivity index (χ1) is 10.6. The fraction of sp³-hybridized carbons (Fsp3) is 0.778. The molecule has 0 saturated heterocycles. The zero-order chi connectivity index (χ0) is 16.6. The number of carboxylic acid groups (broad SMARTS) is 2. The number of aliphatic carboxylic acids is 2. The molecule has 0 aliphatic heterocycles. The van der Waals surface area contributed by atoms with Gasteiger partial charge in [0.25, 0.3) is 0 Å². The van der Waals surface area contributed by atoms with Crippen molar-refractivity contribution in [1.29, 1.82) is 0 Å². The molecule has 0 fully saturated rings. The summed E-state index contributed by atoms with van der Waals surface area (Å²) in [5, 5.41) is 17.6. The van der Waals surface area contributed by atoms with Crippen molar-refractivity contribution in [2.75, 3.05) is 0 Å². The lowest BCUT2D eigenvalue weighted by Gasteiger charge is -2.02. The normalized spacial score (nSPS) is 11.6. The molecule has 128 valence electrons. The third-order valence-electron chi connectivity index (χ3n) is 3.83. The van der Waals surface area contributed by atoms with E-state index in [4.69, 9.17) is 10.2 Å². The average molecular weight is 312 g/mol. The molecule has 0 spiro atoms. The molecule has 0 heterocycles. The minimum absolute atomic E-state index is 0.114. The quantitative estimate of drug-likeness (QED) is 0.323. The van der Waals surface area contributed by atoms with Crippen LogP contribution in [0, 0.1) is 0 Å². The highest BCUT2D eigenvalue weighted by Gasteiger charge is 2.08. The molecule has 0 aromatic carbocycles. The van der Waals surface area contributed by atoms with Crippen LogP contribution in [0.1, 0.15) is 90.4 Å². The van der Waals surface area contributed by atoms with Gasteiger partial charge in [0.2, 0.25) is 0 Å². The lowest BCUT2D eigenvalue weighted by molar-refractivity contribution is -0.137. The van der Waals surface area contributed by atoms with Gasteiger partial charge in [-0.3, -0.25) is 4.79 Å². The molecule has 0 radical (unpaired) electrons. The third kappa shape index (κ3) is 13.7. The Morgan fingerprint density at radius 3 is 1.73 bits per heavy atom. The van der Waals surface area contributed by atoms with E-state index in [1.807, 2.05) is 0 Å². The summed E-state index contributed by atoms with van der Waals surface area (Å²) < 4.78 is 0. The van der Waals surface area contributed by atoms with Crippen LogP contribution >= 0.6 is 0 Å². The Labute approximate surface area is 134 Å². The Hall–Kier alpha value is -1.32. The first-order valence-corrected chi connectivity index (χ1v) is 8.72. The Kier molecular flexibility index (Phi) is 13.7. The van der Waals surface area contributed by atoms with E-state index < -0.39 is 11.9 Å². The van der Waals surface area contributed by atoms with Gasteiger partial charge in [-0.25, -0.2) is 4.79 Å². The summed E-state index contributed by atoms with van der Waals surface area (Å²) in [6, 6.07) is 0. The van der Waals surface area contributed by atoms with Gasteiger partial charge in [0.1, 0.15) is 0 Å². The van der Waals surface area contributed by atoms with Crippen LogP contribution in [0.2, 0.25) is 0 Å². The van der Waals surface area contributed by atoms with E-state index in [1.54, 1.807) is 6.08 Å². The van der Waals surface area contributed by atoms with Gasteiger partial charge in [0.05, 0.1) is 0 Å². The molecular formula is C18H32O4.